The number of nitrogens with zero attached hydrogens (tertiary/aromatic N) is 1. The molecule has 246 valence electrons. The van der Waals surface area contributed by atoms with E-state index in [9.17, 15) is 31.9 Å². The van der Waals surface area contributed by atoms with Gasteiger partial charge in [0, 0.05) is 34.2 Å². The number of hydrogen-bond donors (Lipinski definition) is 3. The molecule has 2 aromatic carbocycles. The zero-order chi connectivity index (χ0) is 33.5. The van der Waals surface area contributed by atoms with Crippen molar-refractivity contribution in [2.24, 2.45) is 5.92 Å². The topological polar surface area (TPSA) is 119 Å². The summed E-state index contributed by atoms with van der Waals surface area (Å²) in [6.07, 6.45) is -6.56. The third-order valence-corrected chi connectivity index (χ3v) is 8.09. The predicted octanol–water partition coefficient (Wildman–Crippen LogP) is 5.31. The lowest BCUT2D eigenvalue weighted by Crippen LogP contribution is -2.54. The molecule has 9 nitrogen and oxygen atoms in total. The van der Waals surface area contributed by atoms with Crippen LogP contribution in [0.4, 0.5) is 26.7 Å². The first kappa shape index (κ1) is 34.8. The Hall–Kier alpha value is -4.02. The van der Waals surface area contributed by atoms with Crippen molar-refractivity contribution in [1.82, 2.24) is 20.9 Å². The minimum Gasteiger partial charge on any atom is -0.468 e. The summed E-state index contributed by atoms with van der Waals surface area (Å²) < 4.78 is 78.3. The van der Waals surface area contributed by atoms with Crippen molar-refractivity contribution in [2.75, 3.05) is 13.7 Å². The Bertz CT molecular complexity index is 1530. The van der Waals surface area contributed by atoms with Gasteiger partial charge in [-0.05, 0) is 77.2 Å². The SMILES string of the molecule is COC(=O)CNC(=O)[C@H]1CC[C@@H](NC(=O)N[C@@](Cc2ccccc2)(c2cc(F)cc(OC(F)(F)C(F)F)c2)c2ccc(I)cn2)C1. The largest absolute Gasteiger partial charge is 0.468 e. The minimum atomic E-state index is -4.92. The summed E-state index contributed by atoms with van der Waals surface area (Å²) in [4.78, 5) is 42.1. The molecule has 4 rings (SSSR count). The second-order valence-electron chi connectivity index (χ2n) is 10.7. The van der Waals surface area contributed by atoms with Crippen LogP contribution in [0.25, 0.3) is 0 Å². The maximum atomic E-state index is 15.0. The lowest BCUT2D eigenvalue weighted by atomic mass is 9.80. The van der Waals surface area contributed by atoms with E-state index in [0.717, 1.165) is 15.7 Å². The van der Waals surface area contributed by atoms with Crippen LogP contribution in [-0.2, 0) is 26.3 Å². The van der Waals surface area contributed by atoms with Crippen molar-refractivity contribution < 1.29 is 45.8 Å². The van der Waals surface area contributed by atoms with E-state index in [-0.39, 0.29) is 36.6 Å². The Morgan fingerprint density at radius 1 is 1.07 bits per heavy atom. The molecule has 0 radical (unpaired) electrons. The van der Waals surface area contributed by atoms with Crippen molar-refractivity contribution in [2.45, 2.75) is 49.8 Å². The average molecular weight is 760 g/mol. The normalized spacial score (nSPS) is 17.6. The monoisotopic (exact) mass is 760 g/mol. The number of methoxy groups -OCH3 is 1. The van der Waals surface area contributed by atoms with Gasteiger partial charge >= 0.3 is 24.5 Å². The van der Waals surface area contributed by atoms with E-state index >= 15 is 4.39 Å². The molecule has 3 amide bonds. The standard InChI is InChI=1S/C31H30F5IN4O5/c1-45-26(42)17-39-27(43)19-7-9-23(11-19)40-29(44)41-30(15-18-5-3-2-4-6-18,25-10-8-22(37)16-38-25)20-12-21(32)14-24(13-20)46-31(35,36)28(33)34/h2-6,8,10,12-14,16,19,23,28H,7,9,11,15,17H2,1H3,(H,39,43)(H2,40,41,44)/t19-,23+,30-/m0/s1. The zero-order valence-corrected chi connectivity index (χ0v) is 26.5. The van der Waals surface area contributed by atoms with E-state index in [1.54, 1.807) is 42.5 Å². The van der Waals surface area contributed by atoms with Gasteiger partial charge in [-0.3, -0.25) is 14.6 Å². The number of alkyl halides is 4. The third-order valence-electron chi connectivity index (χ3n) is 7.45. The number of ether oxygens (including phenoxy) is 2. The molecule has 1 saturated carbocycles. The van der Waals surface area contributed by atoms with Gasteiger partial charge in [0.25, 0.3) is 0 Å². The number of pyridine rings is 1. The number of carbonyl (C=O) groups is 3. The van der Waals surface area contributed by atoms with Gasteiger partial charge in [-0.25, -0.2) is 9.18 Å². The Kier molecular flexibility index (Phi) is 11.4. The summed E-state index contributed by atoms with van der Waals surface area (Å²) in [5.41, 5.74) is -1.01. The van der Waals surface area contributed by atoms with Gasteiger partial charge in [0.1, 0.15) is 23.7 Å². The van der Waals surface area contributed by atoms with Gasteiger partial charge in [-0.2, -0.15) is 17.6 Å². The first-order valence-electron chi connectivity index (χ1n) is 14.1. The number of halogens is 6. The molecule has 1 aromatic heterocycles. The molecule has 15 heteroatoms. The average Bonchev–Trinajstić information content (AvgIpc) is 3.48. The highest BCUT2D eigenvalue weighted by Crippen LogP contribution is 2.37. The number of rotatable bonds is 12. The molecule has 1 aliphatic carbocycles. The van der Waals surface area contributed by atoms with Crippen molar-refractivity contribution >= 4 is 40.5 Å². The molecule has 0 saturated heterocycles. The number of esters is 1. The Labute approximate surface area is 274 Å². The molecule has 46 heavy (non-hydrogen) atoms. The van der Waals surface area contributed by atoms with Gasteiger partial charge in [0.05, 0.1) is 12.8 Å². The number of benzene rings is 2. The maximum Gasteiger partial charge on any atom is 0.461 e. The van der Waals surface area contributed by atoms with Crippen molar-refractivity contribution in [1.29, 1.82) is 0 Å². The van der Waals surface area contributed by atoms with Gasteiger partial charge in [-0.15, -0.1) is 0 Å². The number of urea groups is 1. The summed E-state index contributed by atoms with van der Waals surface area (Å²) >= 11 is 2.02. The van der Waals surface area contributed by atoms with Crippen LogP contribution >= 0.6 is 22.6 Å². The number of nitrogens with one attached hydrogen (secondary N) is 3. The zero-order valence-electron chi connectivity index (χ0n) is 24.4. The predicted molar refractivity (Wildman–Crippen MR) is 164 cm³/mol. The molecule has 3 N–H and O–H groups in total. The second-order valence-corrected chi connectivity index (χ2v) is 11.9. The minimum absolute atomic E-state index is 0.0633. The lowest BCUT2D eigenvalue weighted by molar-refractivity contribution is -0.253. The first-order chi connectivity index (χ1) is 21.8. The highest BCUT2D eigenvalue weighted by Gasteiger charge is 2.45. The van der Waals surface area contributed by atoms with Crippen molar-refractivity contribution in [3.05, 3.63) is 93.1 Å². The van der Waals surface area contributed by atoms with E-state index in [0.29, 0.717) is 24.5 Å². The van der Waals surface area contributed by atoms with E-state index in [1.165, 1.54) is 13.3 Å². The molecular weight excluding hydrogens is 730 g/mol. The van der Waals surface area contributed by atoms with Crippen molar-refractivity contribution in [3.8, 4) is 5.75 Å². The fourth-order valence-corrected chi connectivity index (χ4v) is 5.58. The van der Waals surface area contributed by atoms with Gasteiger partial charge in [0.15, 0.2) is 0 Å². The Balaban J connectivity index is 1.70. The number of amides is 3. The van der Waals surface area contributed by atoms with Gasteiger partial charge in [-0.1, -0.05) is 30.3 Å². The number of aromatic nitrogens is 1. The fraction of sp³-hybridized carbons (Fsp3) is 0.355. The second kappa shape index (κ2) is 15.0. The molecule has 0 bridgehead atoms. The third kappa shape index (κ3) is 8.82. The molecule has 1 aliphatic rings. The number of hydrogen-bond acceptors (Lipinski definition) is 6. The first-order valence-corrected chi connectivity index (χ1v) is 15.1. The van der Waals surface area contributed by atoms with Crippen LogP contribution in [0.1, 0.15) is 36.1 Å². The fourth-order valence-electron chi connectivity index (χ4n) is 5.26. The Morgan fingerprint density at radius 3 is 2.46 bits per heavy atom. The van der Waals surface area contributed by atoms with Crippen molar-refractivity contribution in [3.63, 3.8) is 0 Å². The Morgan fingerprint density at radius 2 is 1.80 bits per heavy atom. The molecular formula is C31H30F5IN4O5. The van der Waals surface area contributed by atoms with Crippen LogP contribution in [0.15, 0.2) is 66.9 Å². The molecule has 0 aliphatic heterocycles. The molecule has 0 spiro atoms. The van der Waals surface area contributed by atoms with E-state index in [2.05, 4.69) is 30.4 Å². The lowest BCUT2D eigenvalue weighted by Gasteiger charge is -2.36. The van der Waals surface area contributed by atoms with Crippen LogP contribution in [-0.4, -0.2) is 55.1 Å². The molecule has 1 fully saturated rings. The summed E-state index contributed by atoms with van der Waals surface area (Å²) in [6, 6.07) is 13.2. The smallest absolute Gasteiger partial charge is 0.461 e. The molecule has 3 atom stereocenters. The quantitative estimate of drug-likeness (QED) is 0.131. The van der Waals surface area contributed by atoms with Crippen LogP contribution in [0, 0.1) is 15.3 Å². The van der Waals surface area contributed by atoms with Crippen LogP contribution in [0.2, 0.25) is 0 Å². The van der Waals surface area contributed by atoms with Gasteiger partial charge in [0.2, 0.25) is 5.91 Å². The van der Waals surface area contributed by atoms with E-state index in [4.69, 9.17) is 0 Å². The van der Waals surface area contributed by atoms with Gasteiger partial charge < -0.3 is 25.4 Å². The molecule has 0 unspecified atom stereocenters. The van der Waals surface area contributed by atoms with Crippen LogP contribution in [0.5, 0.6) is 5.75 Å². The number of carbonyl (C=O) groups excluding carboxylic acids is 3. The summed E-state index contributed by atoms with van der Waals surface area (Å²) in [7, 11) is 1.20. The summed E-state index contributed by atoms with van der Waals surface area (Å²) in [5, 5.41) is 8.17. The molecule has 1 heterocycles. The van der Waals surface area contributed by atoms with E-state index < -0.39 is 53.6 Å². The van der Waals surface area contributed by atoms with Crippen LogP contribution in [0.3, 0.4) is 0 Å². The maximum absolute atomic E-state index is 15.0. The summed E-state index contributed by atoms with van der Waals surface area (Å²) in [5.74, 6) is -3.43. The van der Waals surface area contributed by atoms with E-state index in [1.807, 2.05) is 22.6 Å². The highest BCUT2D eigenvalue weighted by molar-refractivity contribution is 14.1. The van der Waals surface area contributed by atoms with Crippen LogP contribution < -0.4 is 20.7 Å². The molecule has 3 aromatic rings. The highest BCUT2D eigenvalue weighted by atomic mass is 127. The summed E-state index contributed by atoms with van der Waals surface area (Å²) in [6.45, 7) is -0.294.